The Labute approximate surface area is 181 Å². The predicted octanol–water partition coefficient (Wildman–Crippen LogP) is 5.46. The first-order valence-corrected chi connectivity index (χ1v) is 9.96. The number of fused-ring (bicyclic) bond motifs is 1. The summed E-state index contributed by atoms with van der Waals surface area (Å²) in [5.41, 5.74) is 1.14. The normalized spacial score (nSPS) is 16.5. The van der Waals surface area contributed by atoms with Gasteiger partial charge in [-0.05, 0) is 42.0 Å². The van der Waals surface area contributed by atoms with E-state index in [1.54, 1.807) is 48.5 Å². The van der Waals surface area contributed by atoms with Crippen LogP contribution in [0.5, 0.6) is 0 Å². The third-order valence-corrected chi connectivity index (χ3v) is 5.51. The van der Waals surface area contributed by atoms with E-state index in [1.165, 1.54) is 11.2 Å². The number of amides is 1. The molecule has 5 rings (SSSR count). The zero-order chi connectivity index (χ0) is 21.5. The van der Waals surface area contributed by atoms with Gasteiger partial charge in [-0.2, -0.15) is 0 Å². The monoisotopic (exact) mass is 433 g/mol. The summed E-state index contributed by atoms with van der Waals surface area (Å²) in [6, 6.07) is 18.3. The minimum Gasteiger partial charge on any atom is -0.503 e. The lowest BCUT2D eigenvalue weighted by Gasteiger charge is -2.25. The van der Waals surface area contributed by atoms with Gasteiger partial charge >= 0.3 is 0 Å². The number of halogens is 1. The van der Waals surface area contributed by atoms with Crippen LogP contribution >= 0.6 is 11.6 Å². The summed E-state index contributed by atoms with van der Waals surface area (Å²) in [6.07, 6.45) is 1.51. The van der Waals surface area contributed by atoms with Gasteiger partial charge in [0.2, 0.25) is 5.78 Å². The van der Waals surface area contributed by atoms with Gasteiger partial charge in [-0.15, -0.1) is 0 Å². The Morgan fingerprint density at radius 1 is 1.06 bits per heavy atom. The van der Waals surface area contributed by atoms with E-state index in [1.807, 2.05) is 18.2 Å². The van der Waals surface area contributed by atoms with Crippen LogP contribution in [0.2, 0.25) is 5.02 Å². The lowest BCUT2D eigenvalue weighted by Crippen LogP contribution is -2.30. The lowest BCUT2D eigenvalue weighted by molar-refractivity contribution is -0.130. The highest BCUT2D eigenvalue weighted by molar-refractivity contribution is 6.31. The third-order valence-electron chi connectivity index (χ3n) is 5.27. The predicted molar refractivity (Wildman–Crippen MR) is 114 cm³/mol. The first kappa shape index (κ1) is 19.2. The minimum absolute atomic E-state index is 0.0207. The summed E-state index contributed by atoms with van der Waals surface area (Å²) < 4.78 is 11.1. The van der Waals surface area contributed by atoms with Crippen LogP contribution in [0.3, 0.4) is 0 Å². The second-order valence-electron chi connectivity index (χ2n) is 7.21. The number of carbonyl (C=O) groups is 2. The number of ketones is 1. The van der Waals surface area contributed by atoms with E-state index in [-0.39, 0.29) is 17.9 Å². The molecule has 0 spiro atoms. The van der Waals surface area contributed by atoms with Crippen LogP contribution in [0.15, 0.2) is 93.2 Å². The van der Waals surface area contributed by atoms with E-state index in [0.29, 0.717) is 27.3 Å². The molecule has 1 aliphatic heterocycles. The average Bonchev–Trinajstić information content (AvgIpc) is 3.49. The number of benzene rings is 2. The smallest absolute Gasteiger partial charge is 0.290 e. The van der Waals surface area contributed by atoms with Gasteiger partial charge in [-0.1, -0.05) is 41.9 Å². The maximum absolute atomic E-state index is 13.4. The number of rotatable bonds is 5. The van der Waals surface area contributed by atoms with Crippen LogP contribution in [0.4, 0.5) is 0 Å². The number of carbonyl (C=O) groups excluding carboxylic acids is 2. The van der Waals surface area contributed by atoms with Crippen molar-refractivity contribution in [1.82, 2.24) is 4.90 Å². The SMILES string of the molecule is O=C(C1=C(O)C(=O)N(Cc2ccco2)C1c1ccccc1)c1cc2cc(Cl)ccc2o1. The van der Waals surface area contributed by atoms with Gasteiger partial charge in [0.15, 0.2) is 11.5 Å². The number of furan rings is 2. The maximum Gasteiger partial charge on any atom is 0.290 e. The van der Waals surface area contributed by atoms with Gasteiger partial charge in [0.05, 0.1) is 24.4 Å². The first-order chi connectivity index (χ1) is 15.0. The Bertz CT molecular complexity index is 1320. The van der Waals surface area contributed by atoms with Crippen molar-refractivity contribution >= 4 is 34.3 Å². The van der Waals surface area contributed by atoms with Gasteiger partial charge in [0.1, 0.15) is 11.3 Å². The fraction of sp³-hybridized carbons (Fsp3) is 0.0833. The lowest BCUT2D eigenvalue weighted by atomic mass is 9.95. The highest BCUT2D eigenvalue weighted by Crippen LogP contribution is 2.40. The van der Waals surface area contributed by atoms with Crippen LogP contribution in [0.1, 0.15) is 27.9 Å². The number of aliphatic hydroxyl groups excluding tert-OH is 1. The largest absolute Gasteiger partial charge is 0.503 e. The number of hydrogen-bond acceptors (Lipinski definition) is 5. The Morgan fingerprint density at radius 2 is 1.87 bits per heavy atom. The Balaban J connectivity index is 1.60. The summed E-state index contributed by atoms with van der Waals surface area (Å²) in [5, 5.41) is 11.9. The molecular formula is C24H16ClNO5. The Hall–Kier alpha value is -3.77. The van der Waals surface area contributed by atoms with Crippen molar-refractivity contribution in [2.45, 2.75) is 12.6 Å². The first-order valence-electron chi connectivity index (χ1n) is 9.58. The quantitative estimate of drug-likeness (QED) is 0.422. The van der Waals surface area contributed by atoms with Gasteiger partial charge in [-0.25, -0.2) is 0 Å². The van der Waals surface area contributed by atoms with Crippen LogP contribution in [0, 0.1) is 0 Å². The highest BCUT2D eigenvalue weighted by atomic mass is 35.5. The van der Waals surface area contributed by atoms with Crippen LogP contribution in [0.25, 0.3) is 11.0 Å². The van der Waals surface area contributed by atoms with E-state index in [2.05, 4.69) is 0 Å². The molecule has 0 fully saturated rings. The van der Waals surface area contributed by atoms with Crippen molar-refractivity contribution in [3.05, 3.63) is 106 Å². The summed E-state index contributed by atoms with van der Waals surface area (Å²) >= 11 is 6.03. The van der Waals surface area contributed by atoms with E-state index in [4.69, 9.17) is 20.4 Å². The molecule has 0 radical (unpaired) electrons. The Morgan fingerprint density at radius 3 is 2.61 bits per heavy atom. The van der Waals surface area contributed by atoms with Gasteiger partial charge in [-0.3, -0.25) is 9.59 Å². The molecule has 1 N–H and O–H groups in total. The molecule has 3 heterocycles. The topological polar surface area (TPSA) is 83.9 Å². The molecule has 1 amide bonds. The van der Waals surface area contributed by atoms with Crippen LogP contribution < -0.4 is 0 Å². The molecule has 0 saturated heterocycles. The minimum atomic E-state index is -0.789. The summed E-state index contributed by atoms with van der Waals surface area (Å²) in [7, 11) is 0. The molecule has 2 aromatic heterocycles. The van der Waals surface area contributed by atoms with Crippen molar-refractivity contribution < 1.29 is 23.5 Å². The molecular weight excluding hydrogens is 418 g/mol. The zero-order valence-corrected chi connectivity index (χ0v) is 16.9. The van der Waals surface area contributed by atoms with Gasteiger partial charge in [0.25, 0.3) is 5.91 Å². The van der Waals surface area contributed by atoms with E-state index < -0.39 is 23.5 Å². The van der Waals surface area contributed by atoms with Crippen LogP contribution in [-0.2, 0) is 11.3 Å². The standard InChI is InChI=1S/C24H16ClNO5/c25-16-8-9-18-15(11-16)12-19(31-18)22(27)20-21(14-5-2-1-3-6-14)26(24(29)23(20)28)13-17-7-4-10-30-17/h1-12,21,28H,13H2. The second-order valence-corrected chi connectivity index (χ2v) is 7.65. The summed E-state index contributed by atoms with van der Waals surface area (Å²) in [6.45, 7) is 0.0992. The van der Waals surface area contributed by atoms with Crippen molar-refractivity contribution in [3.63, 3.8) is 0 Å². The van der Waals surface area contributed by atoms with E-state index in [9.17, 15) is 14.7 Å². The molecule has 0 saturated carbocycles. The third kappa shape index (κ3) is 3.31. The molecule has 4 aromatic rings. The van der Waals surface area contributed by atoms with Crippen molar-refractivity contribution in [2.75, 3.05) is 0 Å². The molecule has 0 aliphatic carbocycles. The van der Waals surface area contributed by atoms with Gasteiger partial charge in [0, 0.05) is 10.4 Å². The van der Waals surface area contributed by atoms with E-state index in [0.717, 1.165) is 0 Å². The highest BCUT2D eigenvalue weighted by Gasteiger charge is 2.44. The van der Waals surface area contributed by atoms with E-state index >= 15 is 0 Å². The zero-order valence-electron chi connectivity index (χ0n) is 16.1. The molecule has 31 heavy (non-hydrogen) atoms. The van der Waals surface area contributed by atoms with Crippen LogP contribution in [-0.4, -0.2) is 21.7 Å². The average molecular weight is 434 g/mol. The number of Topliss-reactive ketones (excluding diaryl/α,β-unsaturated/α-hetero) is 1. The molecule has 2 aromatic carbocycles. The van der Waals surface area contributed by atoms with Crippen molar-refractivity contribution in [2.24, 2.45) is 0 Å². The summed E-state index contributed by atoms with van der Waals surface area (Å²) in [4.78, 5) is 27.8. The van der Waals surface area contributed by atoms with Gasteiger partial charge < -0.3 is 18.8 Å². The molecule has 1 aliphatic rings. The van der Waals surface area contributed by atoms with Crippen molar-refractivity contribution in [1.29, 1.82) is 0 Å². The fourth-order valence-corrected chi connectivity index (χ4v) is 4.04. The fourth-order valence-electron chi connectivity index (χ4n) is 3.86. The summed E-state index contributed by atoms with van der Waals surface area (Å²) in [5.74, 6) is -1.24. The number of hydrogen-bond donors (Lipinski definition) is 1. The maximum atomic E-state index is 13.4. The molecule has 154 valence electrons. The molecule has 0 bridgehead atoms. The number of aliphatic hydroxyl groups is 1. The second kappa shape index (κ2) is 7.49. The van der Waals surface area contributed by atoms with Crippen molar-refractivity contribution in [3.8, 4) is 0 Å². The Kier molecular flexibility index (Phi) is 4.64. The number of nitrogens with zero attached hydrogens (tertiary/aromatic N) is 1. The molecule has 1 atom stereocenters. The molecule has 7 heteroatoms. The molecule has 6 nitrogen and oxygen atoms in total. The molecule has 1 unspecified atom stereocenters.